The lowest BCUT2D eigenvalue weighted by atomic mass is 10.2. The minimum absolute atomic E-state index is 0.00508. The molecule has 0 spiro atoms. The van der Waals surface area contributed by atoms with Crippen molar-refractivity contribution in [3.05, 3.63) is 27.7 Å². The summed E-state index contributed by atoms with van der Waals surface area (Å²) in [6.07, 6.45) is -4.54. The standard InChI is InChI=1S/C11H9Cl2F3N4S/c1-2-21-10-18-9(17)20(19-10)8-6(12)3-5(4-7(8)13)11(14,15)16/h3-4H,2H2,1H3,(H2,17,18,19). The zero-order chi connectivity index (χ0) is 15.8. The fourth-order valence-corrected chi connectivity index (χ4v) is 2.79. The molecule has 0 aliphatic heterocycles. The van der Waals surface area contributed by atoms with E-state index >= 15 is 0 Å². The first kappa shape index (κ1) is 16.3. The summed E-state index contributed by atoms with van der Waals surface area (Å²) in [5.41, 5.74) is 4.83. The van der Waals surface area contributed by atoms with Crippen molar-refractivity contribution in [1.29, 1.82) is 0 Å². The van der Waals surface area contributed by atoms with E-state index in [9.17, 15) is 13.2 Å². The van der Waals surface area contributed by atoms with Gasteiger partial charge in [0.1, 0.15) is 5.69 Å². The number of hydrogen-bond donors (Lipinski definition) is 1. The summed E-state index contributed by atoms with van der Waals surface area (Å²) in [5, 5.41) is 4.05. The van der Waals surface area contributed by atoms with Crippen LogP contribution in [0.3, 0.4) is 0 Å². The zero-order valence-corrected chi connectivity index (χ0v) is 12.9. The smallest absolute Gasteiger partial charge is 0.368 e. The average Bonchev–Trinajstić information content (AvgIpc) is 2.69. The molecule has 1 heterocycles. The molecule has 10 heteroatoms. The SMILES string of the molecule is CCSc1nc(N)n(-c2c(Cl)cc(C(F)(F)F)cc2Cl)n1. The number of nitrogens with two attached hydrogens (primary N) is 1. The number of halogens is 5. The Balaban J connectivity index is 2.55. The number of nitrogen functional groups attached to an aromatic ring is 1. The van der Waals surface area contributed by atoms with Gasteiger partial charge in [0.05, 0.1) is 15.6 Å². The Morgan fingerprint density at radius 3 is 2.33 bits per heavy atom. The molecule has 0 saturated carbocycles. The molecular weight excluding hydrogens is 348 g/mol. The molecule has 0 saturated heterocycles. The maximum atomic E-state index is 12.7. The van der Waals surface area contributed by atoms with Gasteiger partial charge in [0, 0.05) is 0 Å². The Kier molecular flexibility index (Phi) is 4.60. The van der Waals surface area contributed by atoms with Crippen molar-refractivity contribution in [3.63, 3.8) is 0 Å². The molecule has 0 fully saturated rings. The van der Waals surface area contributed by atoms with Crippen LogP contribution >= 0.6 is 35.0 Å². The second-order valence-corrected chi connectivity index (χ2v) is 5.93. The van der Waals surface area contributed by atoms with Gasteiger partial charge in [0.2, 0.25) is 11.1 Å². The highest BCUT2D eigenvalue weighted by molar-refractivity contribution is 7.99. The van der Waals surface area contributed by atoms with Crippen LogP contribution in [0.4, 0.5) is 19.1 Å². The number of aromatic nitrogens is 3. The van der Waals surface area contributed by atoms with Crippen LogP contribution in [0.5, 0.6) is 0 Å². The molecule has 2 N–H and O–H groups in total. The van der Waals surface area contributed by atoms with Crippen molar-refractivity contribution in [2.45, 2.75) is 18.3 Å². The highest BCUT2D eigenvalue weighted by Crippen LogP contribution is 2.38. The largest absolute Gasteiger partial charge is 0.416 e. The van der Waals surface area contributed by atoms with E-state index in [4.69, 9.17) is 28.9 Å². The molecule has 114 valence electrons. The first-order valence-corrected chi connectivity index (χ1v) is 7.40. The van der Waals surface area contributed by atoms with Gasteiger partial charge in [0.25, 0.3) is 0 Å². The van der Waals surface area contributed by atoms with Crippen LogP contribution in [-0.4, -0.2) is 20.5 Å². The summed E-state index contributed by atoms with van der Waals surface area (Å²) < 4.78 is 39.2. The van der Waals surface area contributed by atoms with Crippen LogP contribution in [0.2, 0.25) is 10.0 Å². The number of thioether (sulfide) groups is 1. The minimum Gasteiger partial charge on any atom is -0.368 e. The molecule has 1 aromatic carbocycles. The van der Waals surface area contributed by atoms with E-state index in [0.29, 0.717) is 5.16 Å². The molecule has 2 aromatic rings. The lowest BCUT2D eigenvalue weighted by Gasteiger charge is -2.12. The summed E-state index contributed by atoms with van der Waals surface area (Å²) in [7, 11) is 0. The molecule has 4 nitrogen and oxygen atoms in total. The third kappa shape index (κ3) is 3.38. The number of alkyl halides is 3. The molecule has 0 bridgehead atoms. The van der Waals surface area contributed by atoms with Gasteiger partial charge in [-0.2, -0.15) is 22.8 Å². The molecule has 2 rings (SSSR count). The lowest BCUT2D eigenvalue weighted by molar-refractivity contribution is -0.137. The fourth-order valence-electron chi connectivity index (χ4n) is 1.59. The average molecular weight is 357 g/mol. The Labute approximate surface area is 132 Å². The van der Waals surface area contributed by atoms with Crippen molar-refractivity contribution < 1.29 is 13.2 Å². The van der Waals surface area contributed by atoms with Gasteiger partial charge in [-0.05, 0) is 17.9 Å². The second-order valence-electron chi connectivity index (χ2n) is 3.88. The third-order valence-corrected chi connectivity index (χ3v) is 3.74. The van der Waals surface area contributed by atoms with E-state index in [-0.39, 0.29) is 21.7 Å². The highest BCUT2D eigenvalue weighted by atomic mass is 35.5. The van der Waals surface area contributed by atoms with E-state index in [2.05, 4.69) is 10.1 Å². The second kappa shape index (κ2) is 5.94. The maximum Gasteiger partial charge on any atom is 0.416 e. The fraction of sp³-hybridized carbons (Fsp3) is 0.273. The van der Waals surface area contributed by atoms with Crippen LogP contribution < -0.4 is 5.73 Å². The summed E-state index contributed by atoms with van der Waals surface area (Å²) in [6.45, 7) is 1.90. The van der Waals surface area contributed by atoms with Crippen molar-refractivity contribution in [1.82, 2.24) is 14.8 Å². The number of hydrogen-bond acceptors (Lipinski definition) is 4. The van der Waals surface area contributed by atoms with Gasteiger partial charge in [-0.25, -0.2) is 0 Å². The lowest BCUT2D eigenvalue weighted by Crippen LogP contribution is -2.08. The molecule has 0 radical (unpaired) electrons. The predicted molar refractivity (Wildman–Crippen MR) is 77.2 cm³/mol. The minimum atomic E-state index is -4.54. The van der Waals surface area contributed by atoms with Gasteiger partial charge in [-0.3, -0.25) is 0 Å². The molecule has 0 amide bonds. The van der Waals surface area contributed by atoms with Crippen LogP contribution in [-0.2, 0) is 6.18 Å². The summed E-state index contributed by atoms with van der Waals surface area (Å²) in [5.74, 6) is 0.715. The molecule has 0 unspecified atom stereocenters. The summed E-state index contributed by atoms with van der Waals surface area (Å²) in [6, 6.07) is 1.55. The van der Waals surface area contributed by atoms with Crippen LogP contribution in [0.15, 0.2) is 17.3 Å². The van der Waals surface area contributed by atoms with E-state index in [0.717, 1.165) is 22.6 Å². The van der Waals surface area contributed by atoms with Gasteiger partial charge in [-0.15, -0.1) is 5.10 Å². The Bertz CT molecular complexity index is 649. The Morgan fingerprint density at radius 1 is 1.29 bits per heavy atom. The monoisotopic (exact) mass is 356 g/mol. The molecule has 21 heavy (non-hydrogen) atoms. The molecule has 0 aliphatic carbocycles. The number of benzene rings is 1. The molecule has 0 aliphatic rings. The molecular formula is C11H9Cl2F3N4S. The van der Waals surface area contributed by atoms with E-state index in [1.807, 2.05) is 6.92 Å². The first-order valence-electron chi connectivity index (χ1n) is 5.66. The third-order valence-electron chi connectivity index (χ3n) is 2.44. The van der Waals surface area contributed by atoms with Crippen LogP contribution in [0, 0.1) is 0 Å². The van der Waals surface area contributed by atoms with Crippen molar-refractivity contribution in [2.75, 3.05) is 11.5 Å². The number of anilines is 1. The van der Waals surface area contributed by atoms with Gasteiger partial charge >= 0.3 is 6.18 Å². The normalized spacial score (nSPS) is 11.9. The Morgan fingerprint density at radius 2 is 1.86 bits per heavy atom. The van der Waals surface area contributed by atoms with Crippen molar-refractivity contribution >= 4 is 40.9 Å². The quantitative estimate of drug-likeness (QED) is 0.833. The molecule has 0 atom stereocenters. The first-order chi connectivity index (χ1) is 9.74. The van der Waals surface area contributed by atoms with Crippen LogP contribution in [0.1, 0.15) is 12.5 Å². The van der Waals surface area contributed by atoms with Gasteiger partial charge < -0.3 is 5.73 Å². The van der Waals surface area contributed by atoms with E-state index in [1.165, 1.54) is 11.8 Å². The van der Waals surface area contributed by atoms with Crippen LogP contribution in [0.25, 0.3) is 5.69 Å². The Hall–Kier alpha value is -1.12. The summed E-state index contributed by atoms with van der Waals surface area (Å²) >= 11 is 13.1. The van der Waals surface area contributed by atoms with Gasteiger partial charge in [0.15, 0.2) is 0 Å². The van der Waals surface area contributed by atoms with Gasteiger partial charge in [-0.1, -0.05) is 41.9 Å². The zero-order valence-electron chi connectivity index (χ0n) is 10.6. The number of nitrogens with zero attached hydrogens (tertiary/aromatic N) is 3. The number of rotatable bonds is 3. The summed E-state index contributed by atoms with van der Waals surface area (Å²) in [4.78, 5) is 3.98. The highest BCUT2D eigenvalue weighted by Gasteiger charge is 2.32. The van der Waals surface area contributed by atoms with Crippen molar-refractivity contribution in [2.24, 2.45) is 0 Å². The predicted octanol–water partition coefficient (Wildman–Crippen LogP) is 4.29. The van der Waals surface area contributed by atoms with E-state index in [1.54, 1.807) is 0 Å². The van der Waals surface area contributed by atoms with E-state index < -0.39 is 11.7 Å². The van der Waals surface area contributed by atoms with Crippen molar-refractivity contribution in [3.8, 4) is 5.69 Å². The molecule has 1 aromatic heterocycles. The topological polar surface area (TPSA) is 56.7 Å². The maximum absolute atomic E-state index is 12.7.